The van der Waals surface area contributed by atoms with Crippen molar-refractivity contribution in [2.45, 2.75) is 11.7 Å². The number of carbonyl (C=O) groups excluding carboxylic acids is 2. The van der Waals surface area contributed by atoms with E-state index in [4.69, 9.17) is 4.74 Å². The monoisotopic (exact) mass is 402 g/mol. The van der Waals surface area contributed by atoms with Crippen molar-refractivity contribution >= 4 is 33.8 Å². The molecule has 25 heavy (non-hydrogen) atoms. The van der Waals surface area contributed by atoms with Gasteiger partial charge in [0.2, 0.25) is 5.60 Å². The Hall–Kier alpha value is -2.28. The van der Waals surface area contributed by atoms with E-state index in [0.29, 0.717) is 16.7 Å². The molecular formula is C19H15BrO5. The number of esters is 1. The van der Waals surface area contributed by atoms with Gasteiger partial charge in [0, 0.05) is 10.0 Å². The van der Waals surface area contributed by atoms with E-state index in [2.05, 4.69) is 15.9 Å². The van der Waals surface area contributed by atoms with E-state index in [1.807, 2.05) is 0 Å². The number of fused-ring (bicyclic) bond motifs is 1. The number of hydrogen-bond acceptors (Lipinski definition) is 5. The SMILES string of the molecule is O=C(COC(=O)[C@]1(O)C=Cc2ccccc2[C@H]1O)c1ccc(Br)cc1. The number of Topliss-reactive ketones (excluding diaryl/α,β-unsaturated/α-hetero) is 1. The first-order valence-corrected chi connectivity index (χ1v) is 8.36. The van der Waals surface area contributed by atoms with Crippen LogP contribution in [-0.4, -0.2) is 34.2 Å². The van der Waals surface area contributed by atoms with Gasteiger partial charge in [-0.2, -0.15) is 0 Å². The highest BCUT2D eigenvalue weighted by molar-refractivity contribution is 9.10. The molecule has 5 nitrogen and oxygen atoms in total. The summed E-state index contributed by atoms with van der Waals surface area (Å²) in [6.07, 6.45) is 1.26. The quantitative estimate of drug-likeness (QED) is 0.606. The number of aliphatic hydroxyl groups is 2. The summed E-state index contributed by atoms with van der Waals surface area (Å²) in [5, 5.41) is 20.9. The number of carbonyl (C=O) groups is 2. The first-order chi connectivity index (χ1) is 11.9. The minimum atomic E-state index is -2.23. The van der Waals surface area contributed by atoms with Crippen molar-refractivity contribution < 1.29 is 24.5 Å². The zero-order valence-electron chi connectivity index (χ0n) is 13.1. The van der Waals surface area contributed by atoms with E-state index < -0.39 is 30.1 Å². The fourth-order valence-electron chi connectivity index (χ4n) is 2.60. The van der Waals surface area contributed by atoms with Crippen LogP contribution in [0.1, 0.15) is 27.6 Å². The van der Waals surface area contributed by atoms with Gasteiger partial charge < -0.3 is 14.9 Å². The molecule has 128 valence electrons. The Balaban J connectivity index is 1.71. The molecule has 0 unspecified atom stereocenters. The molecule has 0 saturated carbocycles. The van der Waals surface area contributed by atoms with Crippen molar-refractivity contribution in [1.29, 1.82) is 0 Å². The molecule has 0 aliphatic heterocycles. The number of aliphatic hydroxyl groups excluding tert-OH is 1. The lowest BCUT2D eigenvalue weighted by Gasteiger charge is -2.31. The lowest BCUT2D eigenvalue weighted by atomic mass is 9.83. The number of ether oxygens (including phenoxy) is 1. The third kappa shape index (κ3) is 3.42. The van der Waals surface area contributed by atoms with Crippen molar-refractivity contribution in [3.63, 3.8) is 0 Å². The van der Waals surface area contributed by atoms with E-state index in [-0.39, 0.29) is 0 Å². The van der Waals surface area contributed by atoms with Crippen molar-refractivity contribution in [1.82, 2.24) is 0 Å². The lowest BCUT2D eigenvalue weighted by Crippen LogP contribution is -2.46. The predicted octanol–water partition coefficient (Wildman–Crippen LogP) is 2.67. The summed E-state index contributed by atoms with van der Waals surface area (Å²) in [4.78, 5) is 24.4. The number of benzene rings is 2. The molecule has 0 heterocycles. The third-order valence-corrected chi connectivity index (χ3v) is 4.58. The van der Waals surface area contributed by atoms with Gasteiger partial charge in [-0.25, -0.2) is 4.79 Å². The molecule has 2 N–H and O–H groups in total. The highest BCUT2D eigenvalue weighted by Crippen LogP contribution is 2.36. The largest absolute Gasteiger partial charge is 0.455 e. The van der Waals surface area contributed by atoms with Gasteiger partial charge in [0.1, 0.15) is 6.10 Å². The average molecular weight is 403 g/mol. The second-order valence-corrected chi connectivity index (χ2v) is 6.61. The molecule has 3 rings (SSSR count). The van der Waals surface area contributed by atoms with Gasteiger partial charge in [-0.1, -0.05) is 58.4 Å². The summed E-state index contributed by atoms with van der Waals surface area (Å²) in [6, 6.07) is 13.5. The van der Waals surface area contributed by atoms with Crippen molar-refractivity contribution in [3.05, 3.63) is 75.8 Å². The Bertz CT molecular complexity index is 843. The number of rotatable bonds is 4. The Labute approximate surface area is 152 Å². The van der Waals surface area contributed by atoms with E-state index in [1.54, 1.807) is 54.6 Å². The molecule has 2 atom stereocenters. The Morgan fingerprint density at radius 3 is 2.52 bits per heavy atom. The number of hydrogen-bond donors (Lipinski definition) is 2. The average Bonchev–Trinajstić information content (AvgIpc) is 2.63. The van der Waals surface area contributed by atoms with E-state index in [9.17, 15) is 19.8 Å². The van der Waals surface area contributed by atoms with Gasteiger partial charge in [-0.05, 0) is 29.3 Å². The van der Waals surface area contributed by atoms with E-state index in [0.717, 1.165) is 4.47 Å². The maximum absolute atomic E-state index is 12.3. The molecule has 0 fully saturated rings. The standard InChI is InChI=1S/C19H15BrO5/c20-14-7-5-13(6-8-14)16(21)11-25-18(23)19(24)10-9-12-3-1-2-4-15(12)17(19)22/h1-10,17,22,24H,11H2/t17-,19+/m1/s1. The summed E-state index contributed by atoms with van der Waals surface area (Å²) in [5.74, 6) is -1.48. The highest BCUT2D eigenvalue weighted by Gasteiger charge is 2.46. The molecule has 6 heteroatoms. The van der Waals surface area contributed by atoms with E-state index in [1.165, 1.54) is 6.08 Å². The van der Waals surface area contributed by atoms with Crippen LogP contribution in [0.4, 0.5) is 0 Å². The minimum Gasteiger partial charge on any atom is -0.455 e. The summed E-state index contributed by atoms with van der Waals surface area (Å²) in [6.45, 7) is -0.523. The Kier molecular flexibility index (Phi) is 4.85. The molecule has 2 aromatic carbocycles. The molecule has 0 radical (unpaired) electrons. The van der Waals surface area contributed by atoms with Crippen LogP contribution < -0.4 is 0 Å². The lowest BCUT2D eigenvalue weighted by molar-refractivity contribution is -0.169. The molecule has 0 bridgehead atoms. The van der Waals surface area contributed by atoms with Gasteiger partial charge >= 0.3 is 5.97 Å². The summed E-state index contributed by atoms with van der Waals surface area (Å²) >= 11 is 3.27. The van der Waals surface area contributed by atoms with Crippen LogP contribution in [0.25, 0.3) is 6.08 Å². The fraction of sp³-hybridized carbons (Fsp3) is 0.158. The van der Waals surface area contributed by atoms with Crippen LogP contribution in [0.2, 0.25) is 0 Å². The van der Waals surface area contributed by atoms with Gasteiger partial charge in [0.25, 0.3) is 0 Å². The maximum Gasteiger partial charge on any atom is 0.345 e. The smallest absolute Gasteiger partial charge is 0.345 e. The zero-order valence-corrected chi connectivity index (χ0v) is 14.6. The van der Waals surface area contributed by atoms with Gasteiger partial charge in [0.15, 0.2) is 12.4 Å². The highest BCUT2D eigenvalue weighted by atomic mass is 79.9. The van der Waals surface area contributed by atoms with E-state index >= 15 is 0 Å². The second kappa shape index (κ2) is 6.92. The number of ketones is 1. The second-order valence-electron chi connectivity index (χ2n) is 5.70. The van der Waals surface area contributed by atoms with Gasteiger partial charge in [-0.15, -0.1) is 0 Å². The summed E-state index contributed by atoms with van der Waals surface area (Å²) in [7, 11) is 0. The van der Waals surface area contributed by atoms with Crippen molar-refractivity contribution in [2.75, 3.05) is 6.61 Å². The minimum absolute atomic E-state index is 0.382. The molecule has 0 spiro atoms. The first-order valence-electron chi connectivity index (χ1n) is 7.56. The fourth-order valence-corrected chi connectivity index (χ4v) is 2.87. The number of halogens is 1. The van der Waals surface area contributed by atoms with Crippen LogP contribution in [0, 0.1) is 0 Å². The first kappa shape index (κ1) is 17.5. The van der Waals surface area contributed by atoms with Gasteiger partial charge in [-0.3, -0.25) is 4.79 Å². The molecular weight excluding hydrogens is 388 g/mol. The Morgan fingerprint density at radius 1 is 1.12 bits per heavy atom. The molecule has 1 aliphatic carbocycles. The van der Waals surface area contributed by atoms with Crippen molar-refractivity contribution in [2.24, 2.45) is 0 Å². The summed E-state index contributed by atoms with van der Waals surface area (Å²) in [5.41, 5.74) is -0.718. The van der Waals surface area contributed by atoms with Crippen LogP contribution >= 0.6 is 15.9 Å². The topological polar surface area (TPSA) is 83.8 Å². The molecule has 0 aromatic heterocycles. The van der Waals surface area contributed by atoms with Crippen LogP contribution in [-0.2, 0) is 9.53 Å². The zero-order chi connectivity index (χ0) is 18.0. The maximum atomic E-state index is 12.3. The van der Waals surface area contributed by atoms with Crippen LogP contribution in [0.15, 0.2) is 59.1 Å². The molecule has 0 amide bonds. The van der Waals surface area contributed by atoms with Gasteiger partial charge in [0.05, 0.1) is 0 Å². The molecule has 2 aromatic rings. The predicted molar refractivity (Wildman–Crippen MR) is 94.8 cm³/mol. The van der Waals surface area contributed by atoms with Crippen LogP contribution in [0.5, 0.6) is 0 Å². The third-order valence-electron chi connectivity index (χ3n) is 4.05. The Morgan fingerprint density at radius 2 is 1.80 bits per heavy atom. The van der Waals surface area contributed by atoms with Crippen molar-refractivity contribution in [3.8, 4) is 0 Å². The summed E-state index contributed by atoms with van der Waals surface area (Å²) < 4.78 is 5.78. The molecule has 1 aliphatic rings. The van der Waals surface area contributed by atoms with Crippen LogP contribution in [0.3, 0.4) is 0 Å². The normalized spacial score (nSPS) is 21.5. The molecule has 0 saturated heterocycles.